The molecule has 1 saturated heterocycles. The molecule has 2 fully saturated rings. The molecule has 1 aliphatic carbocycles. The number of aliphatic hydroxyl groups excluding tert-OH is 1. The van der Waals surface area contributed by atoms with E-state index in [1.165, 1.54) is 12.8 Å². The predicted molar refractivity (Wildman–Crippen MR) is 85.0 cm³/mol. The molecule has 0 bridgehead atoms. The minimum atomic E-state index is -0.149. The highest BCUT2D eigenvalue weighted by atomic mass is 16.3. The van der Waals surface area contributed by atoms with Crippen LogP contribution in [0.5, 0.6) is 0 Å². The van der Waals surface area contributed by atoms with Gasteiger partial charge in [-0.15, -0.1) is 0 Å². The van der Waals surface area contributed by atoms with Crippen LogP contribution < -0.4 is 10.2 Å². The quantitative estimate of drug-likeness (QED) is 0.872. The summed E-state index contributed by atoms with van der Waals surface area (Å²) in [4.78, 5) is 11.9. The lowest BCUT2D eigenvalue weighted by Gasteiger charge is -2.32. The van der Waals surface area contributed by atoms with E-state index in [0.29, 0.717) is 5.92 Å². The van der Waals surface area contributed by atoms with E-state index in [1.807, 2.05) is 0 Å². The summed E-state index contributed by atoms with van der Waals surface area (Å²) in [6.45, 7) is 6.99. The molecule has 0 radical (unpaired) electrons. The van der Waals surface area contributed by atoms with E-state index in [-0.39, 0.29) is 6.10 Å². The van der Waals surface area contributed by atoms with Crippen LogP contribution in [0.25, 0.3) is 0 Å². The molecular weight excluding hydrogens is 264 g/mol. The monoisotopic (exact) mass is 290 g/mol. The number of anilines is 2. The van der Waals surface area contributed by atoms with E-state index in [2.05, 4.69) is 24.1 Å². The third-order valence-electron chi connectivity index (χ3n) is 4.39. The molecule has 1 aliphatic heterocycles. The Kier molecular flexibility index (Phi) is 4.29. The molecule has 0 aromatic carbocycles. The number of nitrogens with one attached hydrogen (secondary N) is 1. The summed E-state index contributed by atoms with van der Waals surface area (Å²) in [5.41, 5.74) is 1.14. The number of piperidine rings is 1. The summed E-state index contributed by atoms with van der Waals surface area (Å²) >= 11 is 0. The van der Waals surface area contributed by atoms with Crippen LogP contribution in [0.2, 0.25) is 0 Å². The zero-order valence-electron chi connectivity index (χ0n) is 13.1. The van der Waals surface area contributed by atoms with E-state index in [4.69, 9.17) is 9.97 Å². The van der Waals surface area contributed by atoms with Gasteiger partial charge in [-0.25, -0.2) is 9.97 Å². The van der Waals surface area contributed by atoms with Gasteiger partial charge in [-0.1, -0.05) is 6.92 Å². The molecule has 5 nitrogen and oxygen atoms in total. The summed E-state index contributed by atoms with van der Waals surface area (Å²) in [5, 5.41) is 13.1. The molecule has 1 aromatic heterocycles. The minimum absolute atomic E-state index is 0.149. The summed E-state index contributed by atoms with van der Waals surface area (Å²) in [7, 11) is 0. The average molecular weight is 290 g/mol. The Morgan fingerprint density at radius 2 is 1.90 bits per heavy atom. The van der Waals surface area contributed by atoms with Crippen LogP contribution in [0, 0.1) is 6.92 Å². The number of aromatic nitrogens is 2. The smallest absolute Gasteiger partial charge is 0.137 e. The van der Waals surface area contributed by atoms with Gasteiger partial charge in [-0.2, -0.15) is 0 Å². The Morgan fingerprint density at radius 3 is 2.52 bits per heavy atom. The Bertz CT molecular complexity index is 493. The maximum atomic E-state index is 9.69. The van der Waals surface area contributed by atoms with Crippen LogP contribution in [-0.2, 0) is 0 Å². The molecule has 3 rings (SSSR count). The van der Waals surface area contributed by atoms with E-state index in [9.17, 15) is 5.11 Å². The Hall–Kier alpha value is -1.36. The summed E-state index contributed by atoms with van der Waals surface area (Å²) in [6.07, 6.45) is 5.04. The summed E-state index contributed by atoms with van der Waals surface area (Å²) < 4.78 is 0. The highest BCUT2D eigenvalue weighted by molar-refractivity contribution is 5.59. The number of nitrogens with zero attached hydrogens (tertiary/aromatic N) is 3. The SMILES string of the molecule is CCCNc1nc(C2CC2)nc(N2CCC(O)CC2)c1C. The van der Waals surface area contributed by atoms with E-state index in [1.54, 1.807) is 0 Å². The third kappa shape index (κ3) is 3.28. The molecule has 116 valence electrons. The third-order valence-corrected chi connectivity index (χ3v) is 4.39. The fraction of sp³-hybridized carbons (Fsp3) is 0.750. The largest absolute Gasteiger partial charge is 0.393 e. The van der Waals surface area contributed by atoms with Gasteiger partial charge in [0.2, 0.25) is 0 Å². The Balaban J connectivity index is 1.88. The van der Waals surface area contributed by atoms with Gasteiger partial charge >= 0.3 is 0 Å². The second-order valence-corrected chi connectivity index (χ2v) is 6.30. The number of rotatable bonds is 5. The first-order chi connectivity index (χ1) is 10.2. The van der Waals surface area contributed by atoms with E-state index < -0.39 is 0 Å². The molecule has 0 spiro atoms. The van der Waals surface area contributed by atoms with Crippen molar-refractivity contribution < 1.29 is 5.11 Å². The zero-order chi connectivity index (χ0) is 14.8. The Labute approximate surface area is 126 Å². The molecule has 2 heterocycles. The van der Waals surface area contributed by atoms with Gasteiger partial charge < -0.3 is 15.3 Å². The average Bonchev–Trinajstić information content (AvgIpc) is 3.32. The molecular formula is C16H26N4O. The van der Waals surface area contributed by atoms with Crippen LogP contribution >= 0.6 is 0 Å². The lowest BCUT2D eigenvalue weighted by molar-refractivity contribution is 0.145. The van der Waals surface area contributed by atoms with Gasteiger partial charge in [0.15, 0.2) is 0 Å². The molecule has 2 aliphatic rings. The first-order valence-electron chi connectivity index (χ1n) is 8.24. The minimum Gasteiger partial charge on any atom is -0.393 e. The number of aliphatic hydroxyl groups is 1. The zero-order valence-corrected chi connectivity index (χ0v) is 13.1. The molecule has 0 atom stereocenters. The molecule has 5 heteroatoms. The van der Waals surface area contributed by atoms with Crippen molar-refractivity contribution in [2.75, 3.05) is 29.9 Å². The molecule has 21 heavy (non-hydrogen) atoms. The van der Waals surface area contributed by atoms with Crippen molar-refractivity contribution in [1.29, 1.82) is 0 Å². The standard InChI is InChI=1S/C16H26N4O/c1-3-8-17-14-11(2)16(19-15(18-14)12-4-5-12)20-9-6-13(21)7-10-20/h12-13,21H,3-10H2,1-2H3,(H,17,18,19). The van der Waals surface area contributed by atoms with E-state index >= 15 is 0 Å². The van der Waals surface area contributed by atoms with Gasteiger partial charge in [0, 0.05) is 31.1 Å². The lowest BCUT2D eigenvalue weighted by atomic mass is 10.1. The van der Waals surface area contributed by atoms with E-state index in [0.717, 1.165) is 61.9 Å². The lowest BCUT2D eigenvalue weighted by Crippen LogP contribution is -2.37. The van der Waals surface area contributed by atoms with Crippen molar-refractivity contribution in [3.63, 3.8) is 0 Å². The molecule has 0 amide bonds. The van der Waals surface area contributed by atoms with Gasteiger partial charge in [0.05, 0.1) is 6.10 Å². The fourth-order valence-corrected chi connectivity index (χ4v) is 2.85. The highest BCUT2D eigenvalue weighted by Gasteiger charge is 2.29. The second-order valence-electron chi connectivity index (χ2n) is 6.30. The molecule has 1 saturated carbocycles. The molecule has 0 unspecified atom stereocenters. The Morgan fingerprint density at radius 1 is 1.19 bits per heavy atom. The van der Waals surface area contributed by atoms with Gasteiger partial charge in [-0.3, -0.25) is 0 Å². The number of hydrogen-bond acceptors (Lipinski definition) is 5. The maximum Gasteiger partial charge on any atom is 0.137 e. The second kappa shape index (κ2) is 6.18. The van der Waals surface area contributed by atoms with Crippen LogP contribution in [0.3, 0.4) is 0 Å². The summed E-state index contributed by atoms with van der Waals surface area (Å²) in [6, 6.07) is 0. The van der Waals surface area contributed by atoms with Gasteiger partial charge in [0.1, 0.15) is 17.5 Å². The van der Waals surface area contributed by atoms with Crippen molar-refractivity contribution >= 4 is 11.6 Å². The topological polar surface area (TPSA) is 61.3 Å². The van der Waals surface area contributed by atoms with Crippen molar-refractivity contribution in [3.05, 3.63) is 11.4 Å². The van der Waals surface area contributed by atoms with Crippen LogP contribution in [0.4, 0.5) is 11.6 Å². The van der Waals surface area contributed by atoms with Crippen molar-refractivity contribution in [1.82, 2.24) is 9.97 Å². The predicted octanol–water partition coefficient (Wildman–Crippen LogP) is 2.45. The van der Waals surface area contributed by atoms with Crippen LogP contribution in [0.1, 0.15) is 56.3 Å². The molecule has 1 aromatic rings. The maximum absolute atomic E-state index is 9.69. The normalized spacial score (nSPS) is 19.9. The highest BCUT2D eigenvalue weighted by Crippen LogP contribution is 2.40. The first kappa shape index (κ1) is 14.6. The van der Waals surface area contributed by atoms with Crippen molar-refractivity contribution in [2.24, 2.45) is 0 Å². The van der Waals surface area contributed by atoms with Crippen molar-refractivity contribution in [3.8, 4) is 0 Å². The van der Waals surface area contributed by atoms with Crippen LogP contribution in [-0.4, -0.2) is 40.8 Å². The van der Waals surface area contributed by atoms with Gasteiger partial charge in [-0.05, 0) is 39.0 Å². The fourth-order valence-electron chi connectivity index (χ4n) is 2.85. The summed E-state index contributed by atoms with van der Waals surface area (Å²) in [5.74, 6) is 3.62. The van der Waals surface area contributed by atoms with Crippen molar-refractivity contribution in [2.45, 2.75) is 58.0 Å². The van der Waals surface area contributed by atoms with Crippen LogP contribution in [0.15, 0.2) is 0 Å². The first-order valence-corrected chi connectivity index (χ1v) is 8.24. The number of hydrogen-bond donors (Lipinski definition) is 2. The van der Waals surface area contributed by atoms with Gasteiger partial charge in [0.25, 0.3) is 0 Å². The molecule has 2 N–H and O–H groups in total.